The molecule has 2 aromatic carbocycles. The van der Waals surface area contributed by atoms with Gasteiger partial charge in [-0.25, -0.2) is 9.67 Å². The molecule has 1 amide bonds. The molecule has 0 unspecified atom stereocenters. The monoisotopic (exact) mass is 525 g/mol. The zero-order valence-electron chi connectivity index (χ0n) is 21.7. The summed E-state index contributed by atoms with van der Waals surface area (Å²) in [5.74, 6) is 0.382. The molecule has 1 aliphatic carbocycles. The second-order valence-electron chi connectivity index (χ2n) is 10.9. The smallest absolute Gasteiger partial charge is 0.264 e. The van der Waals surface area contributed by atoms with Gasteiger partial charge in [0.25, 0.3) is 5.56 Å². The van der Waals surface area contributed by atoms with Crippen LogP contribution in [-0.4, -0.2) is 67.0 Å². The molecular weight excluding hydrogens is 494 g/mol. The van der Waals surface area contributed by atoms with Crippen molar-refractivity contribution in [3.63, 3.8) is 0 Å². The highest BCUT2D eigenvalue weighted by molar-refractivity contribution is 5.81. The summed E-state index contributed by atoms with van der Waals surface area (Å²) in [5.41, 5.74) is 3.36. The highest BCUT2D eigenvalue weighted by Gasteiger charge is 2.39. The molecule has 10 heteroatoms. The van der Waals surface area contributed by atoms with Crippen molar-refractivity contribution in [3.8, 4) is 5.69 Å². The molecular formula is C29H31N7O3. The van der Waals surface area contributed by atoms with Crippen molar-refractivity contribution in [3.05, 3.63) is 71.4 Å². The molecule has 2 aliphatic heterocycles. The number of aromatic nitrogens is 4. The Morgan fingerprint density at radius 3 is 2.54 bits per heavy atom. The van der Waals surface area contributed by atoms with Gasteiger partial charge in [-0.05, 0) is 62.1 Å². The number of rotatable bonds is 5. The molecule has 4 heterocycles. The van der Waals surface area contributed by atoms with E-state index in [0.717, 1.165) is 48.7 Å². The molecule has 7 rings (SSSR count). The predicted molar refractivity (Wildman–Crippen MR) is 149 cm³/mol. The number of benzene rings is 2. The number of carbonyl (C=O) groups is 1. The van der Waals surface area contributed by atoms with E-state index >= 15 is 0 Å². The van der Waals surface area contributed by atoms with Gasteiger partial charge in [-0.3, -0.25) is 14.2 Å². The van der Waals surface area contributed by atoms with E-state index in [-0.39, 0.29) is 23.9 Å². The van der Waals surface area contributed by atoms with Gasteiger partial charge in [-0.15, -0.1) is 0 Å². The summed E-state index contributed by atoms with van der Waals surface area (Å²) in [6, 6.07) is 16.4. The number of carbonyl (C=O) groups excluding carboxylic acids is 1. The molecule has 1 saturated heterocycles. The van der Waals surface area contributed by atoms with Crippen LogP contribution in [0.15, 0.2) is 65.8 Å². The van der Waals surface area contributed by atoms with E-state index in [9.17, 15) is 14.7 Å². The number of amides is 1. The van der Waals surface area contributed by atoms with Crippen molar-refractivity contribution in [2.24, 2.45) is 5.92 Å². The van der Waals surface area contributed by atoms with Gasteiger partial charge in [-0.1, -0.05) is 12.1 Å². The number of nitrogens with zero attached hydrogens (tertiary/aromatic N) is 6. The maximum absolute atomic E-state index is 13.3. The van der Waals surface area contributed by atoms with Gasteiger partial charge in [0.1, 0.15) is 11.7 Å². The lowest BCUT2D eigenvalue weighted by atomic mass is 9.91. The highest BCUT2D eigenvalue weighted by Crippen LogP contribution is 2.35. The Hall–Kier alpha value is -4.18. The van der Waals surface area contributed by atoms with Crippen LogP contribution in [0.3, 0.4) is 0 Å². The van der Waals surface area contributed by atoms with Gasteiger partial charge in [-0.2, -0.15) is 5.10 Å². The number of aliphatic hydroxyl groups is 1. The van der Waals surface area contributed by atoms with E-state index in [1.165, 1.54) is 10.9 Å². The van der Waals surface area contributed by atoms with Gasteiger partial charge in [0.2, 0.25) is 5.91 Å². The number of anilines is 3. The van der Waals surface area contributed by atoms with E-state index < -0.39 is 5.60 Å². The Labute approximate surface area is 225 Å². The minimum atomic E-state index is -1.05. The first kappa shape index (κ1) is 23.9. The first-order valence-corrected chi connectivity index (χ1v) is 13.6. The minimum absolute atomic E-state index is 0.145. The van der Waals surface area contributed by atoms with Crippen molar-refractivity contribution in [2.75, 3.05) is 36.4 Å². The van der Waals surface area contributed by atoms with Crippen LogP contribution in [0.1, 0.15) is 25.7 Å². The average molecular weight is 526 g/mol. The lowest BCUT2D eigenvalue weighted by molar-refractivity contribution is -0.137. The zero-order chi connectivity index (χ0) is 26.6. The SMILES string of the molecule is O=C(C1CC1)N1CCC(O)(Cn2cnc3c(cnn3-c3ccc(N4CCNc5ccccc54)cc3)c2=O)CC1. The molecule has 200 valence electrons. The molecule has 0 radical (unpaired) electrons. The lowest BCUT2D eigenvalue weighted by Crippen LogP contribution is -2.50. The van der Waals surface area contributed by atoms with Crippen molar-refractivity contribution >= 4 is 34.0 Å². The molecule has 39 heavy (non-hydrogen) atoms. The topological polar surface area (TPSA) is 109 Å². The van der Waals surface area contributed by atoms with Gasteiger partial charge in [0.15, 0.2) is 5.65 Å². The number of nitrogens with one attached hydrogen (secondary N) is 1. The molecule has 0 spiro atoms. The Balaban J connectivity index is 1.10. The van der Waals surface area contributed by atoms with Gasteiger partial charge < -0.3 is 20.2 Å². The molecule has 1 saturated carbocycles. The molecule has 0 bridgehead atoms. The Morgan fingerprint density at radius 2 is 1.77 bits per heavy atom. The average Bonchev–Trinajstić information content (AvgIpc) is 3.73. The van der Waals surface area contributed by atoms with Gasteiger partial charge in [0.05, 0.1) is 35.4 Å². The van der Waals surface area contributed by atoms with E-state index in [4.69, 9.17) is 0 Å². The van der Waals surface area contributed by atoms with E-state index in [1.807, 2.05) is 29.2 Å². The fraction of sp³-hybridized carbons (Fsp3) is 0.379. The lowest BCUT2D eigenvalue weighted by Gasteiger charge is -2.38. The summed E-state index contributed by atoms with van der Waals surface area (Å²) in [6.07, 6.45) is 5.88. The second kappa shape index (κ2) is 9.23. The summed E-state index contributed by atoms with van der Waals surface area (Å²) in [6.45, 7) is 2.91. The third-order valence-corrected chi connectivity index (χ3v) is 8.20. The number of likely N-dealkylation sites (tertiary alicyclic amines) is 1. The maximum Gasteiger partial charge on any atom is 0.264 e. The van der Waals surface area contributed by atoms with Gasteiger partial charge in [0, 0.05) is 37.8 Å². The molecule has 2 N–H and O–H groups in total. The largest absolute Gasteiger partial charge is 0.388 e. The van der Waals surface area contributed by atoms with Crippen molar-refractivity contribution in [1.29, 1.82) is 0 Å². The molecule has 3 aliphatic rings. The van der Waals surface area contributed by atoms with Crippen LogP contribution in [0.4, 0.5) is 17.1 Å². The number of hydrogen-bond donors (Lipinski definition) is 2. The Kier molecular flexibility index (Phi) is 5.66. The summed E-state index contributed by atoms with van der Waals surface area (Å²) < 4.78 is 3.14. The standard InChI is InChI=1S/C29H31N7O3/c37-27(20-5-6-20)33-14-11-29(39,12-15-33)18-34-19-31-26-23(28(34)38)17-32-36(26)22-9-7-21(8-10-22)35-16-13-30-24-3-1-2-4-25(24)35/h1-4,7-10,17,19-20,30,39H,5-6,11-16,18H2. The second-order valence-corrected chi connectivity index (χ2v) is 10.9. The van der Waals surface area contributed by atoms with Crippen LogP contribution in [0, 0.1) is 5.92 Å². The van der Waals surface area contributed by atoms with Crippen molar-refractivity contribution in [2.45, 2.75) is 37.8 Å². The molecule has 4 aromatic rings. The number of hydrogen-bond acceptors (Lipinski definition) is 7. The number of piperidine rings is 1. The molecule has 2 aromatic heterocycles. The quantitative estimate of drug-likeness (QED) is 0.413. The fourth-order valence-electron chi connectivity index (χ4n) is 5.78. The Morgan fingerprint density at radius 1 is 1.03 bits per heavy atom. The van der Waals surface area contributed by atoms with Crippen molar-refractivity contribution in [1.82, 2.24) is 24.2 Å². The van der Waals surface area contributed by atoms with Crippen LogP contribution in [0.5, 0.6) is 0 Å². The highest BCUT2D eigenvalue weighted by atomic mass is 16.3. The Bertz CT molecular complexity index is 1600. The summed E-state index contributed by atoms with van der Waals surface area (Å²) in [5, 5.41) is 19.5. The molecule has 0 atom stereocenters. The van der Waals surface area contributed by atoms with Crippen LogP contribution in [-0.2, 0) is 11.3 Å². The van der Waals surface area contributed by atoms with Crippen LogP contribution < -0.4 is 15.8 Å². The summed E-state index contributed by atoms with van der Waals surface area (Å²) in [7, 11) is 0. The van der Waals surface area contributed by atoms with E-state index in [2.05, 4.69) is 44.6 Å². The number of para-hydroxylation sites is 2. The minimum Gasteiger partial charge on any atom is -0.388 e. The third kappa shape index (κ3) is 4.34. The normalized spacial score (nSPS) is 18.6. The first-order valence-electron chi connectivity index (χ1n) is 13.6. The summed E-state index contributed by atoms with van der Waals surface area (Å²) >= 11 is 0. The summed E-state index contributed by atoms with van der Waals surface area (Å²) in [4.78, 5) is 34.4. The van der Waals surface area contributed by atoms with E-state index in [1.54, 1.807) is 10.9 Å². The third-order valence-electron chi connectivity index (χ3n) is 8.20. The van der Waals surface area contributed by atoms with E-state index in [0.29, 0.717) is 37.0 Å². The van der Waals surface area contributed by atoms with Crippen LogP contribution in [0.25, 0.3) is 16.7 Å². The molecule has 10 nitrogen and oxygen atoms in total. The fourth-order valence-corrected chi connectivity index (χ4v) is 5.78. The predicted octanol–water partition coefficient (Wildman–Crippen LogP) is 2.91. The maximum atomic E-state index is 13.3. The molecule has 2 fully saturated rings. The van der Waals surface area contributed by atoms with Crippen LogP contribution >= 0.6 is 0 Å². The zero-order valence-corrected chi connectivity index (χ0v) is 21.7. The first-order chi connectivity index (χ1) is 19.0. The number of fused-ring (bicyclic) bond motifs is 2. The van der Waals surface area contributed by atoms with Gasteiger partial charge >= 0.3 is 0 Å². The van der Waals surface area contributed by atoms with Crippen LogP contribution in [0.2, 0.25) is 0 Å². The van der Waals surface area contributed by atoms with Crippen molar-refractivity contribution < 1.29 is 9.90 Å².